The van der Waals surface area contributed by atoms with E-state index in [0.29, 0.717) is 0 Å². The van der Waals surface area contributed by atoms with Crippen molar-refractivity contribution in [2.24, 2.45) is 0 Å². The molecule has 0 nitrogen and oxygen atoms in total. The van der Waals surface area contributed by atoms with Crippen LogP contribution in [0.25, 0.3) is 22.3 Å². The SMILES string of the molecule is [B]c1cc([B])c([B])c(-c2c([B])c([B])c([B])c(-c3c([B])c([B])c([B])c([B])c3[B])c2[B])c1[B]. The number of hydrogen-bond donors (Lipinski definition) is 0. The van der Waals surface area contributed by atoms with Gasteiger partial charge in [-0.05, 0) is 22.3 Å². The lowest BCUT2D eigenvalue weighted by Crippen LogP contribution is -2.57. The lowest BCUT2D eigenvalue weighted by atomic mass is 9.55. The van der Waals surface area contributed by atoms with Crippen molar-refractivity contribution in [2.45, 2.75) is 0 Å². The highest BCUT2D eigenvalue weighted by Gasteiger charge is 2.22. The summed E-state index contributed by atoms with van der Waals surface area (Å²) in [6.07, 6.45) is 0. The molecule has 3 aromatic rings. The molecule has 0 fully saturated rings. The van der Waals surface area contributed by atoms with Crippen molar-refractivity contribution in [2.75, 3.05) is 0 Å². The quantitative estimate of drug-likeness (QED) is 0.400. The summed E-state index contributed by atoms with van der Waals surface area (Å²) in [6.45, 7) is 0. The minimum absolute atomic E-state index is 0.00433. The maximum Gasteiger partial charge on any atom is 0.115 e. The fourth-order valence-corrected chi connectivity index (χ4v) is 3.51. The number of hydrogen-bond acceptors (Lipinski definition) is 0. The molecule has 0 aromatic heterocycles. The van der Waals surface area contributed by atoms with Crippen molar-refractivity contribution in [3.05, 3.63) is 6.07 Å². The second-order valence-electron chi connectivity index (χ2n) is 7.11. The molecular weight excluding hydrogens is 357 g/mol. The van der Waals surface area contributed by atoms with Crippen LogP contribution in [-0.4, -0.2) is 102 Å². The summed E-state index contributed by atoms with van der Waals surface area (Å²) < 4.78 is 0. The monoisotopic (exact) mass is 360 g/mol. The molecule has 0 unspecified atom stereocenters. The second kappa shape index (κ2) is 8.45. The van der Waals surface area contributed by atoms with E-state index in [2.05, 4.69) is 0 Å². The Balaban J connectivity index is 2.58. The third kappa shape index (κ3) is 3.61. The van der Waals surface area contributed by atoms with Gasteiger partial charge in [0.2, 0.25) is 0 Å². The van der Waals surface area contributed by atoms with Crippen LogP contribution in [0.15, 0.2) is 6.07 Å². The molecule has 0 amide bonds. The van der Waals surface area contributed by atoms with E-state index in [1.165, 1.54) is 6.07 Å². The van der Waals surface area contributed by atoms with Crippen LogP contribution in [0.5, 0.6) is 0 Å². The molecule has 0 bridgehead atoms. The summed E-state index contributed by atoms with van der Waals surface area (Å²) in [4.78, 5) is 0. The molecule has 3 aromatic carbocycles. The van der Waals surface area contributed by atoms with Crippen molar-refractivity contribution < 1.29 is 0 Å². The smallest absolute Gasteiger partial charge is 0.112 e. The molecule has 26 radical (unpaired) electrons. The van der Waals surface area contributed by atoms with E-state index in [9.17, 15) is 0 Å². The van der Waals surface area contributed by atoms with Gasteiger partial charge >= 0.3 is 0 Å². The van der Waals surface area contributed by atoms with E-state index >= 15 is 0 Å². The predicted molar refractivity (Wildman–Crippen MR) is 147 cm³/mol. The van der Waals surface area contributed by atoms with Gasteiger partial charge in [0.05, 0.1) is 0 Å². The fourth-order valence-electron chi connectivity index (χ4n) is 3.51. The minimum atomic E-state index is -0.0215. The second-order valence-corrected chi connectivity index (χ2v) is 7.11. The van der Waals surface area contributed by atoms with Crippen LogP contribution in [0.2, 0.25) is 0 Å². The summed E-state index contributed by atoms with van der Waals surface area (Å²) in [6, 6.07) is 1.42. The van der Waals surface area contributed by atoms with Crippen molar-refractivity contribution in [1.82, 2.24) is 0 Å². The number of rotatable bonds is 2. The Bertz CT molecular complexity index is 1210. The zero-order valence-corrected chi connectivity index (χ0v) is 16.6. The first kappa shape index (κ1) is 24.2. The fraction of sp³-hybridized carbons (Fsp3) is 0. The first-order valence-corrected chi connectivity index (χ1v) is 8.83. The Hall–Kier alpha value is -1.50. The molecule has 0 spiro atoms. The van der Waals surface area contributed by atoms with E-state index in [1.807, 2.05) is 0 Å². The molecule has 0 N–H and O–H groups in total. The van der Waals surface area contributed by atoms with Crippen molar-refractivity contribution in [3.63, 3.8) is 0 Å². The summed E-state index contributed by atoms with van der Waals surface area (Å²) in [5, 5.41) is 0. The first-order valence-electron chi connectivity index (χ1n) is 8.83. The first-order chi connectivity index (χ1) is 14.3. The molecule has 3 rings (SSSR count). The standard InChI is InChI=1S/C18HB13/c19-2-1-3(20)9(22)4(8(2)21)5-10(23)6(12(25)15(28)11(5)24)7-13(26)16(29)18(31)17(30)14(7)27/h1H. The topological polar surface area (TPSA) is 0 Å². The van der Waals surface area contributed by atoms with Crippen LogP contribution in [0.1, 0.15) is 0 Å². The van der Waals surface area contributed by atoms with Gasteiger partial charge < -0.3 is 0 Å². The molecule has 0 saturated carbocycles. The summed E-state index contributed by atoms with van der Waals surface area (Å²) in [7, 11) is 79.7. The van der Waals surface area contributed by atoms with Gasteiger partial charge in [0.1, 0.15) is 102 Å². The van der Waals surface area contributed by atoms with Crippen LogP contribution in [0, 0.1) is 0 Å². The third-order valence-corrected chi connectivity index (χ3v) is 5.33. The summed E-state index contributed by atoms with van der Waals surface area (Å²) in [5.41, 5.74) is 1.17. The maximum absolute atomic E-state index is 6.50. The lowest BCUT2D eigenvalue weighted by Gasteiger charge is -2.30. The molecule has 13 heteroatoms. The van der Waals surface area contributed by atoms with Crippen LogP contribution >= 0.6 is 0 Å². The van der Waals surface area contributed by atoms with Crippen LogP contribution in [0.4, 0.5) is 0 Å². The van der Waals surface area contributed by atoms with Gasteiger partial charge in [-0.25, -0.2) is 0 Å². The van der Waals surface area contributed by atoms with Gasteiger partial charge in [0, 0.05) is 0 Å². The van der Waals surface area contributed by atoms with Gasteiger partial charge in [0.25, 0.3) is 0 Å². The highest BCUT2D eigenvalue weighted by Crippen LogP contribution is 2.14. The average molecular weight is 358 g/mol. The average Bonchev–Trinajstić information content (AvgIpc) is 2.72. The zero-order chi connectivity index (χ0) is 23.5. The maximum atomic E-state index is 6.50. The predicted octanol–water partition coefficient (Wildman–Crippen LogP) is -10.7. The molecule has 31 heavy (non-hydrogen) atoms. The minimum Gasteiger partial charge on any atom is -0.112 e. The van der Waals surface area contributed by atoms with Crippen LogP contribution < -0.4 is 71.0 Å². The molecule has 0 saturated heterocycles. The van der Waals surface area contributed by atoms with E-state index in [4.69, 9.17) is 102 Å². The highest BCUT2D eigenvalue weighted by molar-refractivity contribution is 6.71. The number of benzene rings is 3. The van der Waals surface area contributed by atoms with E-state index in [1.54, 1.807) is 0 Å². The molecular formula is C18HB13. The van der Waals surface area contributed by atoms with Gasteiger partial charge in [-0.15, -0.1) is 32.8 Å². The van der Waals surface area contributed by atoms with E-state index in [0.717, 1.165) is 0 Å². The van der Waals surface area contributed by atoms with Crippen LogP contribution in [0.3, 0.4) is 0 Å². The molecule has 112 valence electrons. The Morgan fingerprint density at radius 1 is 0.258 bits per heavy atom. The Morgan fingerprint density at radius 3 is 0.839 bits per heavy atom. The summed E-state index contributed by atoms with van der Waals surface area (Å²) >= 11 is 0. The molecule has 0 atom stereocenters. The van der Waals surface area contributed by atoms with E-state index < -0.39 is 0 Å². The van der Waals surface area contributed by atoms with Crippen molar-refractivity contribution in [3.8, 4) is 22.3 Å². The molecule has 0 heterocycles. The highest BCUT2D eigenvalue weighted by atomic mass is 14.2. The normalized spacial score (nSPS) is 11.0. The summed E-state index contributed by atoms with van der Waals surface area (Å²) in [5.74, 6) is 0. The third-order valence-electron chi connectivity index (χ3n) is 5.33. The molecule has 0 aliphatic carbocycles. The Morgan fingerprint density at radius 2 is 0.484 bits per heavy atom. The van der Waals surface area contributed by atoms with Crippen molar-refractivity contribution in [1.29, 1.82) is 0 Å². The Kier molecular flexibility index (Phi) is 6.59. The van der Waals surface area contributed by atoms with Gasteiger partial charge in [-0.1, -0.05) is 44.3 Å². The van der Waals surface area contributed by atoms with Crippen molar-refractivity contribution >= 4 is 173 Å². The van der Waals surface area contributed by atoms with E-state index in [-0.39, 0.29) is 93.3 Å². The zero-order valence-electron chi connectivity index (χ0n) is 16.6. The molecule has 0 aliphatic rings. The van der Waals surface area contributed by atoms with Gasteiger partial charge in [0.15, 0.2) is 0 Å². The van der Waals surface area contributed by atoms with Crippen LogP contribution in [-0.2, 0) is 0 Å². The lowest BCUT2D eigenvalue weighted by molar-refractivity contribution is 1.82. The Labute approximate surface area is 201 Å². The largest absolute Gasteiger partial charge is 0.115 e. The van der Waals surface area contributed by atoms with Gasteiger partial charge in [-0.2, -0.15) is 0 Å². The molecule has 0 aliphatic heterocycles. The van der Waals surface area contributed by atoms with Gasteiger partial charge in [-0.3, -0.25) is 0 Å².